The maximum absolute atomic E-state index is 4.33. The first kappa shape index (κ1) is 11.1. The van der Waals surface area contributed by atoms with Gasteiger partial charge in [-0.25, -0.2) is 9.97 Å². The first-order chi connectivity index (χ1) is 7.74. The summed E-state index contributed by atoms with van der Waals surface area (Å²) in [4.78, 5) is 8.39. The molecule has 0 spiro atoms. The van der Waals surface area contributed by atoms with E-state index < -0.39 is 0 Å². The number of benzene rings is 1. The minimum absolute atomic E-state index is 0.708. The van der Waals surface area contributed by atoms with Crippen LogP contribution in [0.4, 0.5) is 5.69 Å². The topological polar surface area (TPSA) is 37.8 Å². The highest BCUT2D eigenvalue weighted by molar-refractivity contribution is 9.10. The van der Waals surface area contributed by atoms with Crippen LogP contribution in [0.3, 0.4) is 0 Å². The smallest absolute Gasteiger partial charge is 0.125 e. The molecule has 0 atom stereocenters. The zero-order valence-corrected chi connectivity index (χ0v) is 10.5. The van der Waals surface area contributed by atoms with Crippen LogP contribution in [0.1, 0.15) is 11.5 Å². The normalized spacial score (nSPS) is 10.1. The van der Waals surface area contributed by atoms with Crippen LogP contribution in [0.2, 0.25) is 0 Å². The predicted molar refractivity (Wildman–Crippen MR) is 68.2 cm³/mol. The lowest BCUT2D eigenvalue weighted by molar-refractivity contribution is 0.955. The number of anilines is 1. The number of rotatable bonds is 3. The number of hydrogen-bond donors (Lipinski definition) is 1. The van der Waals surface area contributed by atoms with Crippen LogP contribution in [0.5, 0.6) is 0 Å². The second-order valence-corrected chi connectivity index (χ2v) is 4.37. The molecule has 1 aromatic heterocycles. The number of aryl methyl sites for hydroxylation is 1. The summed E-state index contributed by atoms with van der Waals surface area (Å²) < 4.78 is 1.07. The molecule has 4 heteroatoms. The van der Waals surface area contributed by atoms with Gasteiger partial charge in [-0.2, -0.15) is 0 Å². The molecule has 0 bridgehead atoms. The fourth-order valence-electron chi connectivity index (χ4n) is 1.39. The Morgan fingerprint density at radius 2 is 2.19 bits per heavy atom. The van der Waals surface area contributed by atoms with E-state index >= 15 is 0 Å². The minimum atomic E-state index is 0.708. The van der Waals surface area contributed by atoms with E-state index in [1.54, 1.807) is 6.20 Å². The lowest BCUT2D eigenvalue weighted by atomic mass is 10.3. The van der Waals surface area contributed by atoms with E-state index in [4.69, 9.17) is 0 Å². The Morgan fingerprint density at radius 1 is 1.31 bits per heavy atom. The van der Waals surface area contributed by atoms with Gasteiger partial charge in [0.15, 0.2) is 0 Å². The highest BCUT2D eigenvalue weighted by Gasteiger charge is 1.96. The van der Waals surface area contributed by atoms with E-state index in [1.807, 2.05) is 37.3 Å². The molecule has 1 heterocycles. The molecule has 0 aliphatic heterocycles. The molecule has 16 heavy (non-hydrogen) atoms. The number of nitrogens with one attached hydrogen (secondary N) is 1. The van der Waals surface area contributed by atoms with Gasteiger partial charge in [0, 0.05) is 16.4 Å². The SMILES string of the molecule is Cc1nccc(CNc2cccc(Br)c2)n1. The number of nitrogens with zero attached hydrogens (tertiary/aromatic N) is 2. The van der Waals surface area contributed by atoms with Crippen LogP contribution < -0.4 is 5.32 Å². The molecule has 0 unspecified atom stereocenters. The van der Waals surface area contributed by atoms with Gasteiger partial charge in [0.25, 0.3) is 0 Å². The Bertz CT molecular complexity index is 440. The van der Waals surface area contributed by atoms with Crippen molar-refractivity contribution >= 4 is 21.6 Å². The molecule has 0 radical (unpaired) electrons. The zero-order chi connectivity index (χ0) is 11.4. The third-order valence-electron chi connectivity index (χ3n) is 2.13. The van der Waals surface area contributed by atoms with E-state index in [-0.39, 0.29) is 0 Å². The maximum atomic E-state index is 4.33. The van der Waals surface area contributed by atoms with E-state index in [0.717, 1.165) is 21.7 Å². The largest absolute Gasteiger partial charge is 0.379 e. The Kier molecular flexibility index (Phi) is 3.51. The van der Waals surface area contributed by atoms with E-state index in [2.05, 4.69) is 31.2 Å². The molecule has 0 aliphatic carbocycles. The summed E-state index contributed by atoms with van der Waals surface area (Å²) in [7, 11) is 0. The lowest BCUT2D eigenvalue weighted by Crippen LogP contribution is -2.02. The van der Waals surface area contributed by atoms with Crippen molar-refractivity contribution in [2.45, 2.75) is 13.5 Å². The molecular formula is C12H12BrN3. The highest BCUT2D eigenvalue weighted by atomic mass is 79.9. The van der Waals surface area contributed by atoms with Gasteiger partial charge in [-0.3, -0.25) is 0 Å². The van der Waals surface area contributed by atoms with Gasteiger partial charge >= 0.3 is 0 Å². The van der Waals surface area contributed by atoms with Gasteiger partial charge in [-0.1, -0.05) is 22.0 Å². The molecule has 2 aromatic rings. The third kappa shape index (κ3) is 3.03. The highest BCUT2D eigenvalue weighted by Crippen LogP contribution is 2.16. The summed E-state index contributed by atoms with van der Waals surface area (Å²) in [6, 6.07) is 9.97. The van der Waals surface area contributed by atoms with Crippen LogP contribution in [0.25, 0.3) is 0 Å². The van der Waals surface area contributed by atoms with Crippen LogP contribution in [0, 0.1) is 6.92 Å². The molecule has 0 amide bonds. The van der Waals surface area contributed by atoms with Crippen molar-refractivity contribution in [1.82, 2.24) is 9.97 Å². The Morgan fingerprint density at radius 3 is 2.94 bits per heavy atom. The van der Waals surface area contributed by atoms with Crippen LogP contribution in [-0.2, 0) is 6.54 Å². The van der Waals surface area contributed by atoms with Crippen molar-refractivity contribution < 1.29 is 0 Å². The van der Waals surface area contributed by atoms with Crippen molar-refractivity contribution in [3.05, 3.63) is 52.5 Å². The van der Waals surface area contributed by atoms with Gasteiger partial charge in [-0.15, -0.1) is 0 Å². The van der Waals surface area contributed by atoms with Crippen molar-refractivity contribution in [3.8, 4) is 0 Å². The summed E-state index contributed by atoms with van der Waals surface area (Å²) in [6.45, 7) is 2.60. The zero-order valence-electron chi connectivity index (χ0n) is 8.94. The number of aromatic nitrogens is 2. The summed E-state index contributed by atoms with van der Waals surface area (Å²) >= 11 is 3.43. The van der Waals surface area contributed by atoms with Crippen molar-refractivity contribution in [1.29, 1.82) is 0 Å². The predicted octanol–water partition coefficient (Wildman–Crippen LogP) is 3.16. The molecule has 1 N–H and O–H groups in total. The van der Waals surface area contributed by atoms with Gasteiger partial charge in [0.2, 0.25) is 0 Å². The van der Waals surface area contributed by atoms with Gasteiger partial charge < -0.3 is 5.32 Å². The molecular weight excluding hydrogens is 266 g/mol. The van der Waals surface area contributed by atoms with Gasteiger partial charge in [0.1, 0.15) is 5.82 Å². The lowest BCUT2D eigenvalue weighted by Gasteiger charge is -2.06. The Hall–Kier alpha value is -1.42. The van der Waals surface area contributed by atoms with Crippen LogP contribution in [0.15, 0.2) is 41.0 Å². The van der Waals surface area contributed by atoms with Crippen molar-refractivity contribution in [2.75, 3.05) is 5.32 Å². The second-order valence-electron chi connectivity index (χ2n) is 3.46. The van der Waals surface area contributed by atoms with E-state index in [0.29, 0.717) is 6.54 Å². The molecule has 1 aromatic carbocycles. The molecule has 0 saturated carbocycles. The third-order valence-corrected chi connectivity index (χ3v) is 2.63. The minimum Gasteiger partial charge on any atom is -0.379 e. The number of halogens is 1. The molecule has 0 aliphatic rings. The first-order valence-corrected chi connectivity index (χ1v) is 5.81. The van der Waals surface area contributed by atoms with E-state index in [1.165, 1.54) is 0 Å². The second kappa shape index (κ2) is 5.07. The van der Waals surface area contributed by atoms with E-state index in [9.17, 15) is 0 Å². The molecule has 3 nitrogen and oxygen atoms in total. The quantitative estimate of drug-likeness (QED) is 0.937. The average Bonchev–Trinajstić information content (AvgIpc) is 2.27. The summed E-state index contributed by atoms with van der Waals surface area (Å²) in [5, 5.41) is 3.31. The molecule has 2 rings (SSSR count). The summed E-state index contributed by atoms with van der Waals surface area (Å²) in [5.74, 6) is 0.800. The standard InChI is InChI=1S/C12H12BrN3/c1-9-14-6-5-12(16-9)8-15-11-4-2-3-10(13)7-11/h2-7,15H,8H2,1H3. The van der Waals surface area contributed by atoms with Crippen molar-refractivity contribution in [3.63, 3.8) is 0 Å². The molecule has 0 fully saturated rings. The monoisotopic (exact) mass is 277 g/mol. The average molecular weight is 278 g/mol. The van der Waals surface area contributed by atoms with Gasteiger partial charge in [-0.05, 0) is 31.2 Å². The first-order valence-electron chi connectivity index (χ1n) is 5.02. The summed E-state index contributed by atoms with van der Waals surface area (Å²) in [5.41, 5.74) is 2.07. The Balaban J connectivity index is 2.02. The fraction of sp³-hybridized carbons (Fsp3) is 0.167. The fourth-order valence-corrected chi connectivity index (χ4v) is 1.79. The maximum Gasteiger partial charge on any atom is 0.125 e. The van der Waals surface area contributed by atoms with Crippen molar-refractivity contribution in [2.24, 2.45) is 0 Å². The summed E-state index contributed by atoms with van der Waals surface area (Å²) in [6.07, 6.45) is 1.78. The molecule has 82 valence electrons. The van der Waals surface area contributed by atoms with Crippen LogP contribution in [-0.4, -0.2) is 9.97 Å². The Labute approximate surface area is 103 Å². The van der Waals surface area contributed by atoms with Crippen LogP contribution >= 0.6 is 15.9 Å². The van der Waals surface area contributed by atoms with Gasteiger partial charge in [0.05, 0.1) is 12.2 Å². The molecule has 0 saturated heterocycles. The number of hydrogen-bond acceptors (Lipinski definition) is 3.